The Bertz CT molecular complexity index is 673. The molecule has 4 heteroatoms. The van der Waals surface area contributed by atoms with E-state index in [0.29, 0.717) is 11.3 Å². The van der Waals surface area contributed by atoms with Gasteiger partial charge in [0.05, 0.1) is 0 Å². The molecule has 0 bridgehead atoms. The highest BCUT2D eigenvalue weighted by molar-refractivity contribution is 5.70. The van der Waals surface area contributed by atoms with Crippen molar-refractivity contribution in [2.75, 3.05) is 0 Å². The van der Waals surface area contributed by atoms with E-state index in [0.717, 1.165) is 11.1 Å². The fourth-order valence-electron chi connectivity index (χ4n) is 1.82. The maximum absolute atomic E-state index is 9.25. The van der Waals surface area contributed by atoms with E-state index in [-0.39, 0.29) is 0 Å². The van der Waals surface area contributed by atoms with Gasteiger partial charge in [-0.3, -0.25) is 0 Å². The van der Waals surface area contributed by atoms with Gasteiger partial charge in [-0.1, -0.05) is 0 Å². The number of hydrogen-bond donors (Lipinski definition) is 0. The van der Waals surface area contributed by atoms with Gasteiger partial charge in [-0.05, 0) is 5.56 Å². The first-order valence-electron chi connectivity index (χ1n) is 5.46. The number of rotatable bonds is 1. The highest BCUT2D eigenvalue weighted by atomic mass is 14.9. The third-order valence-corrected chi connectivity index (χ3v) is 2.83. The molecule has 86 valence electrons. The number of nitrogens with zero attached hydrogens (tertiary/aromatic N) is 4. The Labute approximate surface area is 106 Å². The molecule has 0 aliphatic heterocycles. The van der Waals surface area contributed by atoms with E-state index < -0.39 is 0 Å². The van der Waals surface area contributed by atoms with Crippen molar-refractivity contribution in [1.29, 1.82) is 10.5 Å². The van der Waals surface area contributed by atoms with Gasteiger partial charge in [0, 0.05) is 23.8 Å². The van der Waals surface area contributed by atoms with Crippen LogP contribution in [0.4, 0.5) is 0 Å². The van der Waals surface area contributed by atoms with Crippen LogP contribution in [0, 0.1) is 22.7 Å². The second-order valence-electron chi connectivity index (χ2n) is 4.04. The fraction of sp³-hybridized carbons (Fsp3) is 0.143. The maximum atomic E-state index is 9.25. The Morgan fingerprint density at radius 2 is 1.61 bits per heavy atom. The lowest BCUT2D eigenvalue weighted by Crippen LogP contribution is -2.33. The molecular weight excluding hydrogens is 224 g/mol. The second-order valence-corrected chi connectivity index (χ2v) is 4.04. The van der Waals surface area contributed by atoms with Gasteiger partial charge in [0.2, 0.25) is 0 Å². The molecule has 2 aromatic rings. The predicted octanol–water partition coefficient (Wildman–Crippen LogP) is 0.746. The molecule has 2 heterocycles. The van der Waals surface area contributed by atoms with E-state index in [1.807, 2.05) is 42.2 Å². The summed E-state index contributed by atoms with van der Waals surface area (Å²) in [7, 11) is 3.69. The molecular formula is C14H12N4+2. The largest absolute Gasteiger partial charge is 0.301 e. The molecule has 0 saturated carbocycles. The van der Waals surface area contributed by atoms with E-state index in [1.165, 1.54) is 0 Å². The quantitative estimate of drug-likeness (QED) is 0.686. The lowest BCUT2D eigenvalue weighted by molar-refractivity contribution is -0.674. The van der Waals surface area contributed by atoms with Crippen molar-refractivity contribution < 1.29 is 9.13 Å². The summed E-state index contributed by atoms with van der Waals surface area (Å²) in [5.74, 6) is 0. The molecule has 0 saturated heterocycles. The van der Waals surface area contributed by atoms with Gasteiger partial charge in [0.15, 0.2) is 24.7 Å². The molecule has 0 radical (unpaired) electrons. The summed E-state index contributed by atoms with van der Waals surface area (Å²) in [6, 6.07) is 9.90. The number of pyridine rings is 2. The predicted molar refractivity (Wildman–Crippen MR) is 63.7 cm³/mol. The Kier molecular flexibility index (Phi) is 3.03. The van der Waals surface area contributed by atoms with Gasteiger partial charge in [0.1, 0.15) is 25.7 Å². The molecule has 0 fully saturated rings. The van der Waals surface area contributed by atoms with Crippen LogP contribution < -0.4 is 9.13 Å². The van der Waals surface area contributed by atoms with Crippen molar-refractivity contribution in [2.45, 2.75) is 0 Å². The van der Waals surface area contributed by atoms with Crippen LogP contribution in [-0.4, -0.2) is 0 Å². The molecule has 18 heavy (non-hydrogen) atoms. The first-order chi connectivity index (χ1) is 8.67. The van der Waals surface area contributed by atoms with E-state index in [4.69, 9.17) is 5.26 Å². The lowest BCUT2D eigenvalue weighted by Gasteiger charge is -2.03. The summed E-state index contributed by atoms with van der Waals surface area (Å²) in [5, 5.41) is 18.4. The Morgan fingerprint density at radius 1 is 0.944 bits per heavy atom. The van der Waals surface area contributed by atoms with Crippen LogP contribution in [-0.2, 0) is 14.1 Å². The molecule has 0 spiro atoms. The van der Waals surface area contributed by atoms with Crippen LogP contribution >= 0.6 is 0 Å². The first kappa shape index (κ1) is 11.8. The Hall–Kier alpha value is -2.72. The molecule has 2 rings (SSSR count). The third-order valence-electron chi connectivity index (χ3n) is 2.83. The lowest BCUT2D eigenvalue weighted by atomic mass is 10.0. The van der Waals surface area contributed by atoms with Crippen LogP contribution in [0.3, 0.4) is 0 Å². The van der Waals surface area contributed by atoms with Crippen LogP contribution in [0.5, 0.6) is 0 Å². The monoisotopic (exact) mass is 236 g/mol. The van der Waals surface area contributed by atoms with Gasteiger partial charge < -0.3 is 0 Å². The summed E-state index contributed by atoms with van der Waals surface area (Å²) in [6.07, 6.45) is 5.62. The van der Waals surface area contributed by atoms with Crippen LogP contribution in [0.2, 0.25) is 0 Å². The number of hydrogen-bond acceptors (Lipinski definition) is 2. The van der Waals surface area contributed by atoms with Gasteiger partial charge in [-0.25, -0.2) is 4.57 Å². The van der Waals surface area contributed by atoms with Crippen molar-refractivity contribution in [3.63, 3.8) is 0 Å². The molecule has 0 N–H and O–H groups in total. The second kappa shape index (κ2) is 4.65. The number of aromatic nitrogens is 2. The molecule has 2 aromatic heterocycles. The molecule has 0 atom stereocenters. The Balaban J connectivity index is 2.70. The van der Waals surface area contributed by atoms with Crippen molar-refractivity contribution in [3.8, 4) is 23.3 Å². The van der Waals surface area contributed by atoms with Crippen molar-refractivity contribution in [2.24, 2.45) is 14.1 Å². The molecule has 0 aliphatic rings. The van der Waals surface area contributed by atoms with E-state index >= 15 is 0 Å². The zero-order valence-corrected chi connectivity index (χ0v) is 10.3. The molecule has 0 amide bonds. The van der Waals surface area contributed by atoms with Gasteiger partial charge >= 0.3 is 5.69 Å². The standard InChI is InChI=1S/C14H12N4/c1-17-6-3-11(4-7-17)12-5-8-18(2)14(10-16)13(12)9-15/h3-8H,1-2H3/q+2. The molecule has 0 unspecified atom stereocenters. The number of nitriles is 2. The third kappa shape index (κ3) is 1.92. The first-order valence-corrected chi connectivity index (χ1v) is 5.46. The summed E-state index contributed by atoms with van der Waals surface area (Å²) in [5.41, 5.74) is 2.51. The van der Waals surface area contributed by atoms with Crippen LogP contribution in [0.1, 0.15) is 11.3 Å². The number of aryl methyl sites for hydroxylation is 2. The van der Waals surface area contributed by atoms with Gasteiger partial charge in [0.25, 0.3) is 0 Å². The zero-order valence-electron chi connectivity index (χ0n) is 10.3. The van der Waals surface area contributed by atoms with Gasteiger partial charge in [-0.15, -0.1) is 0 Å². The van der Waals surface area contributed by atoms with Crippen LogP contribution in [0.25, 0.3) is 11.1 Å². The maximum Gasteiger partial charge on any atom is 0.301 e. The smallest absolute Gasteiger partial charge is 0.208 e. The average molecular weight is 236 g/mol. The topological polar surface area (TPSA) is 55.3 Å². The molecule has 4 nitrogen and oxygen atoms in total. The highest BCUT2D eigenvalue weighted by Gasteiger charge is 2.18. The van der Waals surface area contributed by atoms with Crippen molar-refractivity contribution in [3.05, 3.63) is 48.0 Å². The summed E-state index contributed by atoms with van der Waals surface area (Å²) in [6.45, 7) is 0. The van der Waals surface area contributed by atoms with E-state index in [1.54, 1.807) is 17.8 Å². The van der Waals surface area contributed by atoms with Crippen molar-refractivity contribution in [1.82, 2.24) is 0 Å². The molecule has 0 aromatic carbocycles. The van der Waals surface area contributed by atoms with Crippen molar-refractivity contribution >= 4 is 0 Å². The van der Waals surface area contributed by atoms with Gasteiger partial charge in [-0.2, -0.15) is 15.1 Å². The summed E-state index contributed by atoms with van der Waals surface area (Å²) >= 11 is 0. The minimum atomic E-state index is 0.378. The molecule has 0 aliphatic carbocycles. The minimum absolute atomic E-state index is 0.378. The van der Waals surface area contributed by atoms with Crippen LogP contribution in [0.15, 0.2) is 36.8 Å². The average Bonchev–Trinajstić information content (AvgIpc) is 2.39. The zero-order chi connectivity index (χ0) is 13.1. The van der Waals surface area contributed by atoms with E-state index in [2.05, 4.69) is 12.1 Å². The minimum Gasteiger partial charge on any atom is -0.208 e. The summed E-state index contributed by atoms with van der Waals surface area (Å²) in [4.78, 5) is 0. The Morgan fingerprint density at radius 3 is 2.17 bits per heavy atom. The normalized spacial score (nSPS) is 9.56. The van der Waals surface area contributed by atoms with E-state index in [9.17, 15) is 5.26 Å². The highest BCUT2D eigenvalue weighted by Crippen LogP contribution is 2.22. The summed E-state index contributed by atoms with van der Waals surface area (Å²) < 4.78 is 3.58. The fourth-order valence-corrected chi connectivity index (χ4v) is 1.82. The SMILES string of the molecule is C[n+]1ccc(-c2cc[n+](C)c(C#N)c2C#N)cc1.